The number of carbonyl (C=O) groups is 1. The summed E-state index contributed by atoms with van der Waals surface area (Å²) in [5.41, 5.74) is 1.15. The van der Waals surface area contributed by atoms with E-state index in [-0.39, 0.29) is 12.3 Å². The quantitative estimate of drug-likeness (QED) is 0.462. The van der Waals surface area contributed by atoms with Gasteiger partial charge in [-0.3, -0.25) is 4.79 Å². The van der Waals surface area contributed by atoms with Gasteiger partial charge in [-0.15, -0.1) is 0 Å². The lowest BCUT2D eigenvalue weighted by molar-refractivity contribution is -0.137. The molecule has 2 N–H and O–H groups in total. The lowest BCUT2D eigenvalue weighted by Gasteiger charge is -2.14. The van der Waals surface area contributed by atoms with Crippen LogP contribution in [0.4, 0.5) is 24.5 Å². The molecule has 0 fully saturated rings. The summed E-state index contributed by atoms with van der Waals surface area (Å²) in [4.78, 5) is 12.8. The van der Waals surface area contributed by atoms with Gasteiger partial charge in [0.2, 0.25) is 0 Å². The van der Waals surface area contributed by atoms with Crippen LogP contribution >= 0.6 is 12.2 Å². The molecule has 0 saturated carbocycles. The highest BCUT2D eigenvalue weighted by Crippen LogP contribution is 2.30. The number of hydrogen-bond donors (Lipinski definition) is 2. The SMILES string of the molecule is COc1ccc(C(=O)Nc2ccccc2)cc1NC(=S)Cc1cccc(C(F)(F)F)c1. The fourth-order valence-corrected chi connectivity index (χ4v) is 3.19. The summed E-state index contributed by atoms with van der Waals surface area (Å²) in [6.07, 6.45) is -4.32. The summed E-state index contributed by atoms with van der Waals surface area (Å²) in [5, 5.41) is 5.76. The van der Waals surface area contributed by atoms with Gasteiger partial charge < -0.3 is 15.4 Å². The third-order valence-corrected chi connectivity index (χ3v) is 4.63. The first-order valence-corrected chi connectivity index (χ1v) is 9.67. The van der Waals surface area contributed by atoms with Crippen molar-refractivity contribution in [3.05, 3.63) is 89.5 Å². The molecule has 0 aliphatic carbocycles. The Balaban J connectivity index is 1.75. The summed E-state index contributed by atoms with van der Waals surface area (Å²) in [5.74, 6) is 0.128. The summed E-state index contributed by atoms with van der Waals surface area (Å²) < 4.78 is 44.1. The Kier molecular flexibility index (Phi) is 6.91. The molecule has 3 aromatic rings. The molecule has 3 rings (SSSR count). The van der Waals surface area contributed by atoms with Crippen LogP contribution in [-0.4, -0.2) is 18.0 Å². The van der Waals surface area contributed by atoms with E-state index in [4.69, 9.17) is 17.0 Å². The zero-order valence-corrected chi connectivity index (χ0v) is 17.3. The van der Waals surface area contributed by atoms with Crippen LogP contribution in [0.15, 0.2) is 72.8 Å². The number of amides is 1. The van der Waals surface area contributed by atoms with E-state index < -0.39 is 11.7 Å². The molecule has 3 aromatic carbocycles. The lowest BCUT2D eigenvalue weighted by Crippen LogP contribution is -2.16. The molecular weight excluding hydrogens is 425 g/mol. The predicted molar refractivity (Wildman–Crippen MR) is 119 cm³/mol. The fraction of sp³-hybridized carbons (Fsp3) is 0.130. The van der Waals surface area contributed by atoms with E-state index in [9.17, 15) is 18.0 Å². The van der Waals surface area contributed by atoms with Gasteiger partial charge in [0.25, 0.3) is 5.91 Å². The molecule has 1 amide bonds. The molecule has 4 nitrogen and oxygen atoms in total. The molecule has 8 heteroatoms. The van der Waals surface area contributed by atoms with E-state index in [2.05, 4.69) is 10.6 Å². The number of carbonyl (C=O) groups excluding carboxylic acids is 1. The number of methoxy groups -OCH3 is 1. The maximum absolute atomic E-state index is 12.9. The number of para-hydroxylation sites is 1. The number of thiocarbonyl (C=S) groups is 1. The van der Waals surface area contributed by atoms with E-state index in [1.807, 2.05) is 18.2 Å². The molecule has 0 heterocycles. The Morgan fingerprint density at radius 1 is 0.968 bits per heavy atom. The molecule has 160 valence electrons. The maximum Gasteiger partial charge on any atom is 0.416 e. The summed E-state index contributed by atoms with van der Waals surface area (Å²) in [6, 6.07) is 18.8. The summed E-state index contributed by atoms with van der Waals surface area (Å²) in [6.45, 7) is 0. The number of nitrogens with one attached hydrogen (secondary N) is 2. The van der Waals surface area contributed by atoms with Gasteiger partial charge in [0.15, 0.2) is 0 Å². The Hall–Kier alpha value is -3.39. The number of rotatable bonds is 6. The molecule has 0 radical (unpaired) electrons. The first kappa shape index (κ1) is 22.3. The highest BCUT2D eigenvalue weighted by Gasteiger charge is 2.30. The Morgan fingerprint density at radius 2 is 1.71 bits per heavy atom. The minimum absolute atomic E-state index is 0.100. The number of anilines is 2. The van der Waals surface area contributed by atoms with Crippen molar-refractivity contribution in [2.45, 2.75) is 12.6 Å². The van der Waals surface area contributed by atoms with Crippen LogP contribution in [0.25, 0.3) is 0 Å². The highest BCUT2D eigenvalue weighted by molar-refractivity contribution is 7.80. The first-order chi connectivity index (χ1) is 14.8. The molecule has 0 saturated heterocycles. The van der Waals surface area contributed by atoms with Gasteiger partial charge in [0.1, 0.15) is 5.75 Å². The largest absolute Gasteiger partial charge is 0.495 e. The third kappa shape index (κ3) is 6.05. The second-order valence-electron chi connectivity index (χ2n) is 6.66. The highest BCUT2D eigenvalue weighted by atomic mass is 32.1. The maximum atomic E-state index is 12.9. The van der Waals surface area contributed by atoms with Crippen molar-refractivity contribution in [2.24, 2.45) is 0 Å². The van der Waals surface area contributed by atoms with Crippen LogP contribution in [0.3, 0.4) is 0 Å². The van der Waals surface area contributed by atoms with Crippen LogP contribution in [0.5, 0.6) is 5.75 Å². The van der Waals surface area contributed by atoms with E-state index in [0.717, 1.165) is 12.1 Å². The average molecular weight is 444 g/mol. The predicted octanol–water partition coefficient (Wildman–Crippen LogP) is 5.95. The smallest absolute Gasteiger partial charge is 0.416 e. The monoisotopic (exact) mass is 444 g/mol. The van der Waals surface area contributed by atoms with Crippen molar-refractivity contribution in [1.29, 1.82) is 0 Å². The van der Waals surface area contributed by atoms with Crippen LogP contribution in [0.1, 0.15) is 21.5 Å². The van der Waals surface area contributed by atoms with Crippen LogP contribution in [0.2, 0.25) is 0 Å². The van der Waals surface area contributed by atoms with Gasteiger partial charge >= 0.3 is 6.18 Å². The van der Waals surface area contributed by atoms with Gasteiger partial charge in [0, 0.05) is 17.7 Å². The zero-order chi connectivity index (χ0) is 22.4. The Bertz CT molecular complexity index is 1090. The number of halogens is 3. The molecule has 0 aliphatic heterocycles. The van der Waals surface area contributed by atoms with Crippen LogP contribution in [0, 0.1) is 0 Å². The second-order valence-corrected chi connectivity index (χ2v) is 7.15. The Labute approximate surface area is 183 Å². The Morgan fingerprint density at radius 3 is 2.39 bits per heavy atom. The third-order valence-electron chi connectivity index (χ3n) is 4.39. The van der Waals surface area contributed by atoms with Crippen LogP contribution in [-0.2, 0) is 12.6 Å². The normalized spacial score (nSPS) is 11.0. The van der Waals surface area contributed by atoms with E-state index in [1.54, 1.807) is 36.4 Å². The summed E-state index contributed by atoms with van der Waals surface area (Å²) in [7, 11) is 1.47. The van der Waals surface area contributed by atoms with E-state index in [0.29, 0.717) is 33.2 Å². The van der Waals surface area contributed by atoms with Crippen molar-refractivity contribution in [3.63, 3.8) is 0 Å². The number of benzene rings is 3. The van der Waals surface area contributed by atoms with Crippen molar-refractivity contribution < 1.29 is 22.7 Å². The molecule has 0 bridgehead atoms. The minimum atomic E-state index is -4.42. The van der Waals surface area contributed by atoms with Gasteiger partial charge in [-0.1, -0.05) is 48.6 Å². The summed E-state index contributed by atoms with van der Waals surface area (Å²) >= 11 is 5.33. The average Bonchev–Trinajstić information content (AvgIpc) is 2.74. The van der Waals surface area contributed by atoms with E-state index in [1.165, 1.54) is 13.2 Å². The van der Waals surface area contributed by atoms with Gasteiger partial charge in [-0.05, 0) is 42.0 Å². The van der Waals surface area contributed by atoms with Crippen LogP contribution < -0.4 is 15.4 Å². The molecule has 0 spiro atoms. The van der Waals surface area contributed by atoms with Crippen molar-refractivity contribution in [3.8, 4) is 5.75 Å². The van der Waals surface area contributed by atoms with Crippen molar-refractivity contribution in [2.75, 3.05) is 17.7 Å². The fourth-order valence-electron chi connectivity index (χ4n) is 2.91. The molecule has 31 heavy (non-hydrogen) atoms. The topological polar surface area (TPSA) is 50.4 Å². The van der Waals surface area contributed by atoms with Gasteiger partial charge in [-0.25, -0.2) is 0 Å². The number of hydrogen-bond acceptors (Lipinski definition) is 3. The number of alkyl halides is 3. The van der Waals surface area contributed by atoms with E-state index >= 15 is 0 Å². The molecule has 0 aliphatic rings. The standard InChI is InChI=1S/C23H19F3N2O2S/c1-30-20-11-10-16(22(29)27-18-8-3-2-4-9-18)14-19(20)28-21(31)13-15-6-5-7-17(12-15)23(24,25)26/h2-12,14H,13H2,1H3,(H,27,29)(H,28,31). The van der Waals surface area contributed by atoms with Gasteiger partial charge in [-0.2, -0.15) is 13.2 Å². The molecule has 0 aromatic heterocycles. The second kappa shape index (κ2) is 9.61. The first-order valence-electron chi connectivity index (χ1n) is 9.26. The molecule has 0 atom stereocenters. The number of ether oxygens (including phenoxy) is 1. The van der Waals surface area contributed by atoms with Gasteiger partial charge in [0.05, 0.1) is 23.3 Å². The lowest BCUT2D eigenvalue weighted by atomic mass is 10.1. The molecular formula is C23H19F3N2O2S. The zero-order valence-electron chi connectivity index (χ0n) is 16.5. The minimum Gasteiger partial charge on any atom is -0.495 e. The van der Waals surface area contributed by atoms with Crippen molar-refractivity contribution >= 4 is 34.5 Å². The van der Waals surface area contributed by atoms with Crippen molar-refractivity contribution in [1.82, 2.24) is 0 Å². The molecule has 0 unspecified atom stereocenters.